The van der Waals surface area contributed by atoms with Crippen LogP contribution in [-0.2, 0) is 9.53 Å². The topological polar surface area (TPSA) is 46.5 Å². The first-order valence-electron chi connectivity index (χ1n) is 3.42. The van der Waals surface area contributed by atoms with E-state index in [2.05, 4.69) is 11.3 Å². The summed E-state index contributed by atoms with van der Waals surface area (Å²) in [7, 11) is 1.25. The number of esters is 1. The summed E-state index contributed by atoms with van der Waals surface area (Å²) in [5.74, 6) is -0.858. The molecule has 0 aromatic carbocycles. The van der Waals surface area contributed by atoms with Gasteiger partial charge in [0.1, 0.15) is 0 Å². The van der Waals surface area contributed by atoms with Crippen molar-refractivity contribution in [3.8, 4) is 0 Å². The molecule has 0 aliphatic carbocycles. The van der Waals surface area contributed by atoms with Gasteiger partial charge in [-0.05, 0) is 6.92 Å². The molecule has 0 aliphatic heterocycles. The second kappa shape index (κ2) is 4.13. The molecule has 3 nitrogen and oxygen atoms in total. The highest BCUT2D eigenvalue weighted by molar-refractivity contribution is 5.74. The highest BCUT2D eigenvalue weighted by Crippen LogP contribution is 2.12. The van der Waals surface area contributed by atoms with E-state index >= 15 is 0 Å². The van der Waals surface area contributed by atoms with Gasteiger partial charge in [-0.2, -0.15) is 0 Å². The van der Waals surface area contributed by atoms with Gasteiger partial charge in [-0.1, -0.05) is 19.1 Å². The van der Waals surface area contributed by atoms with E-state index in [9.17, 15) is 9.90 Å². The van der Waals surface area contributed by atoms with Gasteiger partial charge in [-0.25, -0.2) is 4.79 Å². The summed E-state index contributed by atoms with van der Waals surface area (Å²) in [6, 6.07) is 0. The van der Waals surface area contributed by atoms with Crippen LogP contribution < -0.4 is 0 Å². The van der Waals surface area contributed by atoms with E-state index in [1.54, 1.807) is 13.8 Å². The lowest BCUT2D eigenvalue weighted by atomic mass is 9.98. The van der Waals surface area contributed by atoms with E-state index < -0.39 is 12.1 Å². The third-order valence-corrected chi connectivity index (χ3v) is 1.69. The van der Waals surface area contributed by atoms with Crippen molar-refractivity contribution in [2.75, 3.05) is 7.11 Å². The third kappa shape index (κ3) is 2.72. The predicted molar refractivity (Wildman–Crippen MR) is 42.0 cm³/mol. The SMILES string of the molecule is C=C(C)[C@H](C)[C@@H](O)C(=O)OC. The Labute approximate surface area is 66.7 Å². The second-order valence-electron chi connectivity index (χ2n) is 2.60. The van der Waals surface area contributed by atoms with Crippen LogP contribution in [0.15, 0.2) is 12.2 Å². The highest BCUT2D eigenvalue weighted by atomic mass is 16.5. The summed E-state index contributed by atoms with van der Waals surface area (Å²) < 4.78 is 4.35. The van der Waals surface area contributed by atoms with Gasteiger partial charge in [-0.3, -0.25) is 0 Å². The lowest BCUT2D eigenvalue weighted by Gasteiger charge is -2.15. The van der Waals surface area contributed by atoms with Gasteiger partial charge in [0.05, 0.1) is 7.11 Å². The molecular weight excluding hydrogens is 144 g/mol. The first-order chi connectivity index (χ1) is 5.00. The number of aliphatic hydroxyl groups is 1. The van der Waals surface area contributed by atoms with E-state index in [1.165, 1.54) is 7.11 Å². The Kier molecular flexibility index (Phi) is 3.82. The Morgan fingerprint density at radius 1 is 1.64 bits per heavy atom. The first kappa shape index (κ1) is 10.2. The van der Waals surface area contributed by atoms with Crippen LogP contribution in [0.2, 0.25) is 0 Å². The van der Waals surface area contributed by atoms with E-state index in [4.69, 9.17) is 0 Å². The second-order valence-corrected chi connectivity index (χ2v) is 2.60. The molecule has 0 rings (SSSR count). The van der Waals surface area contributed by atoms with Gasteiger partial charge in [0.25, 0.3) is 0 Å². The maximum Gasteiger partial charge on any atom is 0.335 e. The molecule has 0 bridgehead atoms. The molecule has 0 heterocycles. The van der Waals surface area contributed by atoms with Crippen LogP contribution in [0.4, 0.5) is 0 Å². The minimum atomic E-state index is -1.09. The summed E-state index contributed by atoms with van der Waals surface area (Å²) in [6.45, 7) is 7.11. The molecule has 1 N–H and O–H groups in total. The average molecular weight is 158 g/mol. The van der Waals surface area contributed by atoms with Crippen LogP contribution in [0.25, 0.3) is 0 Å². The summed E-state index contributed by atoms with van der Waals surface area (Å²) in [6.07, 6.45) is -1.09. The summed E-state index contributed by atoms with van der Waals surface area (Å²) in [4.78, 5) is 10.7. The normalized spacial score (nSPS) is 15.3. The number of ether oxygens (including phenoxy) is 1. The molecule has 0 fully saturated rings. The number of aliphatic hydroxyl groups excluding tert-OH is 1. The Balaban J connectivity index is 4.12. The van der Waals surface area contributed by atoms with Crippen molar-refractivity contribution in [3.05, 3.63) is 12.2 Å². The molecule has 2 atom stereocenters. The van der Waals surface area contributed by atoms with Crippen LogP contribution >= 0.6 is 0 Å². The fraction of sp³-hybridized carbons (Fsp3) is 0.625. The molecule has 0 saturated heterocycles. The van der Waals surface area contributed by atoms with Gasteiger partial charge in [0.2, 0.25) is 0 Å². The molecule has 0 spiro atoms. The van der Waals surface area contributed by atoms with Gasteiger partial charge >= 0.3 is 5.97 Å². The van der Waals surface area contributed by atoms with E-state index in [0.717, 1.165) is 5.57 Å². The molecule has 0 aromatic rings. The van der Waals surface area contributed by atoms with Gasteiger partial charge < -0.3 is 9.84 Å². The van der Waals surface area contributed by atoms with Crippen LogP contribution in [0.3, 0.4) is 0 Å². The van der Waals surface area contributed by atoms with Crippen molar-refractivity contribution < 1.29 is 14.6 Å². The highest BCUT2D eigenvalue weighted by Gasteiger charge is 2.22. The molecule has 0 amide bonds. The molecule has 0 unspecified atom stereocenters. The number of methoxy groups -OCH3 is 1. The fourth-order valence-electron chi connectivity index (χ4n) is 0.594. The molecule has 0 radical (unpaired) electrons. The quantitative estimate of drug-likeness (QED) is 0.486. The van der Waals surface area contributed by atoms with Crippen molar-refractivity contribution in [2.45, 2.75) is 20.0 Å². The van der Waals surface area contributed by atoms with Crippen molar-refractivity contribution in [1.29, 1.82) is 0 Å². The van der Waals surface area contributed by atoms with E-state index in [1.807, 2.05) is 0 Å². The van der Waals surface area contributed by atoms with Gasteiger partial charge in [0, 0.05) is 5.92 Å². The molecule has 64 valence electrons. The first-order valence-corrected chi connectivity index (χ1v) is 3.42. The average Bonchev–Trinajstić information content (AvgIpc) is 2.00. The van der Waals surface area contributed by atoms with E-state index in [0.29, 0.717) is 0 Å². The standard InChI is InChI=1S/C8H14O3/c1-5(2)6(3)7(9)8(10)11-4/h6-7,9H,1H2,2-4H3/t6-,7+/m0/s1. The summed E-state index contributed by atoms with van der Waals surface area (Å²) in [5.41, 5.74) is 0.767. The zero-order valence-electron chi connectivity index (χ0n) is 7.13. The maximum atomic E-state index is 10.7. The van der Waals surface area contributed by atoms with Crippen molar-refractivity contribution >= 4 is 5.97 Å². The van der Waals surface area contributed by atoms with Crippen molar-refractivity contribution in [3.63, 3.8) is 0 Å². The van der Waals surface area contributed by atoms with E-state index in [-0.39, 0.29) is 5.92 Å². The predicted octanol–water partition coefficient (Wildman–Crippen LogP) is 0.732. The number of rotatable bonds is 3. The summed E-state index contributed by atoms with van der Waals surface area (Å²) >= 11 is 0. The number of hydrogen-bond donors (Lipinski definition) is 1. The molecule has 0 aliphatic rings. The summed E-state index contributed by atoms with van der Waals surface area (Å²) in [5, 5.41) is 9.22. The lowest BCUT2D eigenvalue weighted by Crippen LogP contribution is -2.29. The molecule has 0 aromatic heterocycles. The number of carbonyl (C=O) groups excluding carboxylic acids is 1. The Morgan fingerprint density at radius 2 is 2.09 bits per heavy atom. The van der Waals surface area contributed by atoms with Crippen LogP contribution in [0.5, 0.6) is 0 Å². The number of carbonyl (C=O) groups is 1. The fourth-order valence-corrected chi connectivity index (χ4v) is 0.594. The van der Waals surface area contributed by atoms with Crippen LogP contribution in [-0.4, -0.2) is 24.3 Å². The smallest absolute Gasteiger partial charge is 0.335 e. The Morgan fingerprint density at radius 3 is 2.36 bits per heavy atom. The van der Waals surface area contributed by atoms with Crippen molar-refractivity contribution in [2.24, 2.45) is 5.92 Å². The number of hydrogen-bond acceptors (Lipinski definition) is 3. The monoisotopic (exact) mass is 158 g/mol. The zero-order valence-corrected chi connectivity index (χ0v) is 7.13. The zero-order chi connectivity index (χ0) is 9.02. The van der Waals surface area contributed by atoms with Crippen molar-refractivity contribution in [1.82, 2.24) is 0 Å². The third-order valence-electron chi connectivity index (χ3n) is 1.69. The lowest BCUT2D eigenvalue weighted by molar-refractivity contribution is -0.152. The molecule has 3 heteroatoms. The molecular formula is C8H14O3. The Hall–Kier alpha value is -0.830. The van der Waals surface area contributed by atoms with Crippen LogP contribution in [0, 0.1) is 5.92 Å². The Bertz CT molecular complexity index is 163. The molecule has 0 saturated carbocycles. The molecule has 11 heavy (non-hydrogen) atoms. The van der Waals surface area contributed by atoms with Crippen LogP contribution in [0.1, 0.15) is 13.8 Å². The largest absolute Gasteiger partial charge is 0.467 e. The van der Waals surface area contributed by atoms with Gasteiger partial charge in [-0.15, -0.1) is 0 Å². The minimum Gasteiger partial charge on any atom is -0.467 e. The van der Waals surface area contributed by atoms with Gasteiger partial charge in [0.15, 0.2) is 6.10 Å². The minimum absolute atomic E-state index is 0.248. The maximum absolute atomic E-state index is 10.7.